The molecule has 148 valence electrons. The molecule has 2 aliphatic rings. The van der Waals surface area contributed by atoms with Crippen LogP contribution in [0.4, 0.5) is 17.1 Å². The van der Waals surface area contributed by atoms with E-state index in [1.807, 2.05) is 0 Å². The first kappa shape index (κ1) is 20.4. The van der Waals surface area contributed by atoms with E-state index in [-0.39, 0.29) is 6.61 Å². The van der Waals surface area contributed by atoms with Gasteiger partial charge < -0.3 is 14.9 Å². The van der Waals surface area contributed by atoms with Crippen LogP contribution in [-0.4, -0.2) is 68.3 Å². The van der Waals surface area contributed by atoms with E-state index < -0.39 is 37.6 Å². The predicted molar refractivity (Wildman–Crippen MR) is 89.5 cm³/mol. The van der Waals surface area contributed by atoms with Crippen LogP contribution in [-0.2, 0) is 4.74 Å². The smallest absolute Gasteiger partial charge is 0.324 e. The zero-order valence-electron chi connectivity index (χ0n) is 14.1. The van der Waals surface area contributed by atoms with E-state index in [4.69, 9.17) is 14.9 Å². The average molecular weight is 386 g/mol. The van der Waals surface area contributed by atoms with E-state index >= 15 is 0 Å². The lowest BCUT2D eigenvalue weighted by Crippen LogP contribution is -2.43. The largest absolute Gasteiger partial charge is 0.497 e. The number of non-ortho nitro benzene ring substituents is 1. The summed E-state index contributed by atoms with van der Waals surface area (Å²) in [5, 5.41) is 48.9. The van der Waals surface area contributed by atoms with Gasteiger partial charge in [-0.2, -0.15) is 0 Å². The summed E-state index contributed by atoms with van der Waals surface area (Å²) in [4.78, 5) is 30.1. The van der Waals surface area contributed by atoms with Crippen molar-refractivity contribution in [3.63, 3.8) is 0 Å². The summed E-state index contributed by atoms with van der Waals surface area (Å²) in [6, 6.07) is 0.894. The Labute approximate surface area is 152 Å². The molecule has 3 rings (SSSR count). The Bertz CT molecular complexity index is 694. The van der Waals surface area contributed by atoms with Crippen molar-refractivity contribution in [2.45, 2.75) is 25.0 Å². The molecule has 2 bridgehead atoms. The molecule has 0 aromatic heterocycles. The molecule has 2 unspecified atom stereocenters. The molecule has 1 aromatic rings. The third kappa shape index (κ3) is 5.06. The number of aromatic hydroxyl groups is 1. The number of phenols is 1. The summed E-state index contributed by atoms with van der Waals surface area (Å²) in [5.41, 5.74) is -3.00. The normalized spacial score (nSPS) is 21.2. The van der Waals surface area contributed by atoms with Crippen LogP contribution in [0.5, 0.6) is 5.75 Å². The van der Waals surface area contributed by atoms with Gasteiger partial charge in [0.1, 0.15) is 0 Å². The Morgan fingerprint density at radius 1 is 1.00 bits per heavy atom. The number of likely N-dealkylation sites (tertiary alicyclic amines) is 1. The first-order valence-corrected chi connectivity index (χ1v) is 8.01. The van der Waals surface area contributed by atoms with Gasteiger partial charge in [0, 0.05) is 19.6 Å². The number of fused-ring (bicyclic) bond motifs is 2. The number of hydrogen-bond acceptors (Lipinski definition) is 10. The Balaban J connectivity index is 0.000000206. The van der Waals surface area contributed by atoms with Gasteiger partial charge in [-0.25, -0.2) is 0 Å². The number of aliphatic hydroxyl groups excluding tert-OH is 1. The van der Waals surface area contributed by atoms with Crippen LogP contribution in [0.1, 0.15) is 12.8 Å². The van der Waals surface area contributed by atoms with Crippen molar-refractivity contribution in [3.8, 4) is 5.75 Å². The van der Waals surface area contributed by atoms with Crippen molar-refractivity contribution in [1.82, 2.24) is 4.90 Å². The number of hydrogen-bond donors (Lipinski definition) is 2. The highest BCUT2D eigenvalue weighted by molar-refractivity contribution is 5.64. The topological polar surface area (TPSA) is 182 Å². The first-order valence-electron chi connectivity index (χ1n) is 8.01. The average Bonchev–Trinajstić information content (AvgIpc) is 2.93. The molecule has 2 N–H and O–H groups in total. The number of benzene rings is 1. The second-order valence-corrected chi connectivity index (χ2v) is 6.04. The highest BCUT2D eigenvalue weighted by Gasteiger charge is 2.33. The van der Waals surface area contributed by atoms with Crippen molar-refractivity contribution in [2.75, 3.05) is 26.2 Å². The Morgan fingerprint density at radius 2 is 1.48 bits per heavy atom. The number of nitro benzene ring substituents is 3. The van der Waals surface area contributed by atoms with Crippen molar-refractivity contribution in [2.24, 2.45) is 0 Å². The molecule has 2 fully saturated rings. The molecule has 0 saturated carbocycles. The molecular weight excluding hydrogens is 368 g/mol. The standard InChI is InChI=1S/C8H15NO2.C6H3N3O7/c10-4-3-9-5-7-1-2-8(6-9)11-7;10-6-4(8(13)14)1-3(7(11)12)2-5(6)9(15)16/h7-8,10H,1-6H2;1-2,10H. The first-order chi connectivity index (χ1) is 12.7. The molecule has 0 spiro atoms. The molecular formula is C14H18N4O9. The number of phenolic OH excluding ortho intramolecular Hbond substituents is 1. The number of rotatable bonds is 5. The van der Waals surface area contributed by atoms with Crippen LogP contribution in [0, 0.1) is 30.3 Å². The van der Waals surface area contributed by atoms with Gasteiger partial charge in [0.15, 0.2) is 0 Å². The third-order valence-electron chi connectivity index (χ3n) is 4.19. The van der Waals surface area contributed by atoms with Gasteiger partial charge in [0.05, 0.1) is 45.7 Å². The number of morpholine rings is 1. The number of aliphatic hydroxyl groups is 1. The van der Waals surface area contributed by atoms with Crippen LogP contribution >= 0.6 is 0 Å². The van der Waals surface area contributed by atoms with E-state index in [0.717, 1.165) is 19.6 Å². The maximum atomic E-state index is 10.4. The van der Waals surface area contributed by atoms with E-state index in [1.165, 1.54) is 12.8 Å². The van der Waals surface area contributed by atoms with Crippen LogP contribution in [0.3, 0.4) is 0 Å². The van der Waals surface area contributed by atoms with Crippen LogP contribution in [0.2, 0.25) is 0 Å². The number of β-amino-alcohol motifs (C(OH)–C–C–N with tert-alkyl or cyclic N) is 1. The van der Waals surface area contributed by atoms with Crippen molar-refractivity contribution < 1.29 is 29.7 Å². The lowest BCUT2D eigenvalue weighted by atomic mass is 10.2. The van der Waals surface area contributed by atoms with Crippen molar-refractivity contribution >= 4 is 17.1 Å². The van der Waals surface area contributed by atoms with Crippen molar-refractivity contribution in [3.05, 3.63) is 42.5 Å². The van der Waals surface area contributed by atoms with Gasteiger partial charge in [-0.3, -0.25) is 35.2 Å². The molecule has 2 aliphatic heterocycles. The van der Waals surface area contributed by atoms with Crippen molar-refractivity contribution in [1.29, 1.82) is 0 Å². The van der Waals surface area contributed by atoms with E-state index in [1.54, 1.807) is 0 Å². The molecule has 2 atom stereocenters. The van der Waals surface area contributed by atoms with Crippen LogP contribution < -0.4 is 0 Å². The molecule has 2 saturated heterocycles. The zero-order valence-corrected chi connectivity index (χ0v) is 14.1. The van der Waals surface area contributed by atoms with E-state index in [0.29, 0.717) is 24.3 Å². The molecule has 0 amide bonds. The van der Waals surface area contributed by atoms with Gasteiger partial charge in [-0.05, 0) is 12.8 Å². The Morgan fingerprint density at radius 3 is 1.85 bits per heavy atom. The molecule has 1 aromatic carbocycles. The zero-order chi connectivity index (χ0) is 20.1. The number of nitrogens with zero attached hydrogens (tertiary/aromatic N) is 4. The third-order valence-corrected chi connectivity index (χ3v) is 4.19. The van der Waals surface area contributed by atoms with Gasteiger partial charge in [0.2, 0.25) is 0 Å². The molecule has 13 nitrogen and oxygen atoms in total. The van der Waals surface area contributed by atoms with Gasteiger partial charge in [-0.1, -0.05) is 0 Å². The fourth-order valence-corrected chi connectivity index (χ4v) is 3.00. The maximum absolute atomic E-state index is 10.4. The monoisotopic (exact) mass is 386 g/mol. The molecule has 0 aliphatic carbocycles. The summed E-state index contributed by atoms with van der Waals surface area (Å²) in [6.07, 6.45) is 3.35. The minimum atomic E-state index is -1.21. The Kier molecular flexibility index (Phi) is 6.55. The summed E-state index contributed by atoms with van der Waals surface area (Å²) in [6.45, 7) is 3.14. The van der Waals surface area contributed by atoms with Gasteiger partial charge in [-0.15, -0.1) is 0 Å². The minimum absolute atomic E-state index is 0.277. The highest BCUT2D eigenvalue weighted by Crippen LogP contribution is 2.38. The Hall–Kier alpha value is -2.90. The van der Waals surface area contributed by atoms with Crippen LogP contribution in [0.15, 0.2) is 12.1 Å². The quantitative estimate of drug-likeness (QED) is 0.546. The lowest BCUT2D eigenvalue weighted by molar-refractivity contribution is -0.404. The SMILES string of the molecule is O=[N+]([O-])c1cc([N+](=O)[O-])c(O)c([N+](=O)[O-])c1.OCCN1CC2CCC(C1)O2. The summed E-state index contributed by atoms with van der Waals surface area (Å²) in [5.74, 6) is -1.21. The maximum Gasteiger partial charge on any atom is 0.324 e. The lowest BCUT2D eigenvalue weighted by Gasteiger charge is -2.31. The molecule has 13 heteroatoms. The summed E-state index contributed by atoms with van der Waals surface area (Å²) < 4.78 is 5.65. The fraction of sp³-hybridized carbons (Fsp3) is 0.571. The number of nitro groups is 3. The molecule has 27 heavy (non-hydrogen) atoms. The van der Waals surface area contributed by atoms with Crippen LogP contribution in [0.25, 0.3) is 0 Å². The molecule has 2 heterocycles. The molecule has 0 radical (unpaired) electrons. The van der Waals surface area contributed by atoms with E-state index in [9.17, 15) is 30.3 Å². The van der Waals surface area contributed by atoms with E-state index in [2.05, 4.69) is 4.90 Å². The second-order valence-electron chi connectivity index (χ2n) is 6.04. The minimum Gasteiger partial charge on any atom is -0.497 e. The summed E-state index contributed by atoms with van der Waals surface area (Å²) in [7, 11) is 0. The predicted octanol–water partition coefficient (Wildman–Crippen LogP) is 0.959. The number of ether oxygens (including phenoxy) is 1. The fourth-order valence-electron chi connectivity index (χ4n) is 3.00. The highest BCUT2D eigenvalue weighted by atomic mass is 16.6. The summed E-state index contributed by atoms with van der Waals surface area (Å²) >= 11 is 0. The van der Waals surface area contributed by atoms with Gasteiger partial charge >= 0.3 is 11.4 Å². The second kappa shape index (κ2) is 8.66. The van der Waals surface area contributed by atoms with Gasteiger partial charge in [0.25, 0.3) is 11.4 Å².